The van der Waals surface area contributed by atoms with Crippen LogP contribution < -0.4 is 9.47 Å². The molecule has 0 radical (unpaired) electrons. The van der Waals surface area contributed by atoms with Crippen LogP contribution in [0.2, 0.25) is 0 Å². The Morgan fingerprint density at radius 2 is 1.97 bits per heavy atom. The quantitative estimate of drug-likeness (QED) is 0.181. The van der Waals surface area contributed by atoms with Crippen LogP contribution in [0.3, 0.4) is 0 Å². The van der Waals surface area contributed by atoms with Gasteiger partial charge in [-0.1, -0.05) is 12.1 Å². The van der Waals surface area contributed by atoms with Gasteiger partial charge in [0.05, 0.1) is 20.8 Å². The van der Waals surface area contributed by atoms with Crippen LogP contribution in [-0.4, -0.2) is 49.2 Å². The number of unbranched alkanes of at least 4 members (excludes halogenated alkanes) is 1. The normalized spacial score (nSPS) is 11.0. The molecule has 1 rings (SSSR count). The summed E-state index contributed by atoms with van der Waals surface area (Å²) in [6.07, 6.45) is 3.21. The topological polar surface area (TPSA) is 113 Å². The Morgan fingerprint density at radius 3 is 2.53 bits per heavy atom. The molecule has 2 amide bonds. The highest BCUT2D eigenvalue weighted by Gasteiger charge is 2.38. The van der Waals surface area contributed by atoms with Crippen molar-refractivity contribution in [3.63, 3.8) is 0 Å². The Labute approximate surface area is 176 Å². The number of aliphatic hydroxyl groups excluding tert-OH is 1. The fourth-order valence-corrected chi connectivity index (χ4v) is 2.66. The minimum Gasteiger partial charge on any atom is -0.493 e. The summed E-state index contributed by atoms with van der Waals surface area (Å²) in [7, 11) is 3.04. The Balaban J connectivity index is 3.11. The molecular weight excluding hydrogens is 390 g/mol. The van der Waals surface area contributed by atoms with Gasteiger partial charge in [-0.15, -0.1) is 6.58 Å². The highest BCUT2D eigenvalue weighted by atomic mass is 16.6. The summed E-state index contributed by atoms with van der Waals surface area (Å²) in [4.78, 5) is 29.2. The molecule has 0 unspecified atom stereocenters. The molecule has 9 nitrogen and oxygen atoms in total. The Morgan fingerprint density at radius 1 is 1.27 bits per heavy atom. The van der Waals surface area contributed by atoms with Gasteiger partial charge in [-0.3, -0.25) is 14.5 Å². The number of hydrogen-bond donors (Lipinski definition) is 1. The number of carbonyl (C=O) groups is 2. The molecule has 0 spiro atoms. The molecule has 9 heteroatoms. The number of allylic oxidation sites excluding steroid dienone is 1. The summed E-state index contributed by atoms with van der Waals surface area (Å²) in [5, 5.41) is 19.0. The van der Waals surface area contributed by atoms with Crippen molar-refractivity contribution in [2.45, 2.75) is 32.6 Å². The van der Waals surface area contributed by atoms with Crippen LogP contribution in [0.15, 0.2) is 42.5 Å². The minimum absolute atomic E-state index is 0.000333. The predicted octanol–water partition coefficient (Wildman–Crippen LogP) is 3.57. The molecular formula is C21H28N3O6+. The maximum atomic E-state index is 12.8. The summed E-state index contributed by atoms with van der Waals surface area (Å²) in [5.41, 5.74) is 0.0612. The molecule has 0 atom stereocenters. The number of ether oxygens (including phenoxy) is 3. The van der Waals surface area contributed by atoms with E-state index < -0.39 is 23.5 Å². The lowest BCUT2D eigenvalue weighted by Gasteiger charge is -2.18. The molecule has 162 valence electrons. The van der Waals surface area contributed by atoms with E-state index in [2.05, 4.69) is 11.6 Å². The monoisotopic (exact) mass is 418 g/mol. The van der Waals surface area contributed by atoms with Crippen LogP contribution in [0.25, 0.3) is 4.98 Å². The van der Waals surface area contributed by atoms with Gasteiger partial charge in [0.1, 0.15) is 0 Å². The summed E-state index contributed by atoms with van der Waals surface area (Å²) in [5.74, 6) is -1.19. The van der Waals surface area contributed by atoms with Gasteiger partial charge in [0.25, 0.3) is 0 Å². The van der Waals surface area contributed by atoms with E-state index in [9.17, 15) is 20.1 Å². The molecule has 0 saturated carbocycles. The summed E-state index contributed by atoms with van der Waals surface area (Å²) < 4.78 is 15.3. The largest absolute Gasteiger partial charge is 0.528 e. The highest BCUT2D eigenvalue weighted by molar-refractivity contribution is 6.05. The molecule has 0 fully saturated rings. The highest BCUT2D eigenvalue weighted by Crippen LogP contribution is 2.28. The van der Waals surface area contributed by atoms with Crippen LogP contribution in [0.5, 0.6) is 11.5 Å². The van der Waals surface area contributed by atoms with Gasteiger partial charge in [-0.05, 0) is 43.9 Å². The molecule has 1 aromatic carbocycles. The third-order valence-electron chi connectivity index (χ3n) is 4.20. The number of carbonyl (C=O) groups excluding carboxylic acids is 2. The molecule has 0 heterocycles. The number of aliphatic hydroxyl groups is 1. The minimum atomic E-state index is -0.951. The third-order valence-corrected chi connectivity index (χ3v) is 4.20. The van der Waals surface area contributed by atoms with Gasteiger partial charge in [-0.2, -0.15) is 0 Å². The molecule has 0 aliphatic heterocycles. The first-order valence-electron chi connectivity index (χ1n) is 9.51. The van der Waals surface area contributed by atoms with Crippen LogP contribution >= 0.6 is 0 Å². The van der Waals surface area contributed by atoms with E-state index in [1.165, 1.54) is 14.2 Å². The van der Waals surface area contributed by atoms with Gasteiger partial charge >= 0.3 is 17.5 Å². The van der Waals surface area contributed by atoms with Crippen LogP contribution in [0.1, 0.15) is 31.7 Å². The fourth-order valence-electron chi connectivity index (χ4n) is 2.66. The summed E-state index contributed by atoms with van der Waals surface area (Å²) in [6, 6.07) is 5.26. The van der Waals surface area contributed by atoms with Crippen molar-refractivity contribution in [2.75, 3.05) is 27.4 Å². The van der Waals surface area contributed by atoms with Crippen molar-refractivity contribution in [1.82, 2.24) is 4.90 Å². The molecule has 1 aromatic rings. The first kappa shape index (κ1) is 24.5. The Hall–Kier alpha value is -3.54. The van der Waals surface area contributed by atoms with E-state index in [4.69, 9.17) is 14.2 Å². The van der Waals surface area contributed by atoms with E-state index in [-0.39, 0.29) is 19.6 Å². The molecule has 0 aliphatic rings. The van der Waals surface area contributed by atoms with Gasteiger partial charge in [-0.25, -0.2) is 0 Å². The van der Waals surface area contributed by atoms with Crippen LogP contribution in [0.4, 0.5) is 0 Å². The zero-order valence-corrected chi connectivity index (χ0v) is 17.6. The van der Waals surface area contributed by atoms with E-state index in [0.29, 0.717) is 30.8 Å². The van der Waals surface area contributed by atoms with E-state index in [1.54, 1.807) is 31.2 Å². The number of imide groups is 1. The number of diazo groups is 1. The Kier molecular flexibility index (Phi) is 10.5. The van der Waals surface area contributed by atoms with Crippen molar-refractivity contribution in [2.24, 2.45) is 0 Å². The number of benzene rings is 1. The predicted molar refractivity (Wildman–Crippen MR) is 110 cm³/mol. The van der Waals surface area contributed by atoms with Gasteiger partial charge in [0.2, 0.25) is 11.3 Å². The fraction of sp³-hybridized carbons (Fsp3) is 0.429. The van der Waals surface area contributed by atoms with Gasteiger partial charge < -0.3 is 19.3 Å². The van der Waals surface area contributed by atoms with Crippen molar-refractivity contribution >= 4 is 11.8 Å². The number of rotatable bonds is 12. The summed E-state index contributed by atoms with van der Waals surface area (Å²) >= 11 is 0. The average molecular weight is 418 g/mol. The van der Waals surface area contributed by atoms with E-state index >= 15 is 0 Å². The van der Waals surface area contributed by atoms with Crippen LogP contribution in [0, 0.1) is 5.39 Å². The SMILES string of the molecule is C=CCCCC(=O)N(CCc1ccc(OC)c(OC)c1)C(=O)/C([N+]#N)=C(\O)OCC. The van der Waals surface area contributed by atoms with E-state index in [0.717, 1.165) is 10.5 Å². The van der Waals surface area contributed by atoms with Crippen molar-refractivity contribution in [3.8, 4) is 11.5 Å². The maximum absolute atomic E-state index is 12.8. The maximum Gasteiger partial charge on any atom is 0.528 e. The first-order valence-corrected chi connectivity index (χ1v) is 9.51. The second-order valence-electron chi connectivity index (χ2n) is 6.16. The Bertz CT molecular complexity index is 829. The number of hydrogen-bond acceptors (Lipinski definition) is 7. The molecule has 0 bridgehead atoms. The lowest BCUT2D eigenvalue weighted by atomic mass is 10.1. The second kappa shape index (κ2) is 12.8. The number of nitrogens with zero attached hydrogens (tertiary/aromatic N) is 3. The average Bonchev–Trinajstić information content (AvgIpc) is 2.74. The lowest BCUT2D eigenvalue weighted by Crippen LogP contribution is -2.39. The summed E-state index contributed by atoms with van der Waals surface area (Å²) in [6.45, 7) is 5.25. The third kappa shape index (κ3) is 6.81. The smallest absolute Gasteiger partial charge is 0.493 e. The standard InChI is InChI=1S/C21H27N3O6/c1-5-7-8-9-18(25)24(20(26)19(23-22)21(27)30-6-2)13-12-15-10-11-16(28-3)17(14-15)29-4/h5,10-11,14H,1,6-9,12-13H2,2-4H3/p+1. The van der Waals surface area contributed by atoms with Crippen molar-refractivity contribution in [3.05, 3.63) is 53.0 Å². The lowest BCUT2D eigenvalue weighted by molar-refractivity contribution is -0.142. The molecule has 0 aromatic heterocycles. The van der Waals surface area contributed by atoms with Gasteiger partial charge in [0.15, 0.2) is 16.5 Å². The number of methoxy groups -OCH3 is 2. The van der Waals surface area contributed by atoms with Crippen molar-refractivity contribution in [1.29, 1.82) is 5.39 Å². The molecule has 30 heavy (non-hydrogen) atoms. The number of amides is 2. The first-order chi connectivity index (χ1) is 14.4. The molecule has 1 N–H and O–H groups in total. The second-order valence-corrected chi connectivity index (χ2v) is 6.16. The van der Waals surface area contributed by atoms with Crippen molar-refractivity contribution < 1.29 is 28.9 Å². The van der Waals surface area contributed by atoms with Crippen LogP contribution in [-0.2, 0) is 20.7 Å². The zero-order chi connectivity index (χ0) is 22.5. The molecule has 0 saturated heterocycles. The van der Waals surface area contributed by atoms with Gasteiger partial charge in [0, 0.05) is 13.0 Å². The van der Waals surface area contributed by atoms with E-state index in [1.807, 2.05) is 0 Å². The zero-order valence-electron chi connectivity index (χ0n) is 17.6. The molecule has 0 aliphatic carbocycles.